The maximum absolute atomic E-state index is 13.8. The summed E-state index contributed by atoms with van der Waals surface area (Å²) in [7, 11) is 0. The molecule has 2 nitrogen and oxygen atoms in total. The second kappa shape index (κ2) is 5.42. The van der Waals surface area contributed by atoms with Gasteiger partial charge >= 0.3 is 0 Å². The summed E-state index contributed by atoms with van der Waals surface area (Å²) >= 11 is 7.25. The van der Waals surface area contributed by atoms with E-state index in [1.165, 1.54) is 17.8 Å². The van der Waals surface area contributed by atoms with Crippen molar-refractivity contribution in [3.05, 3.63) is 58.9 Å². The van der Waals surface area contributed by atoms with Crippen molar-refractivity contribution in [1.29, 1.82) is 5.41 Å². The van der Waals surface area contributed by atoms with Gasteiger partial charge < -0.3 is 5.73 Å². The van der Waals surface area contributed by atoms with Crippen molar-refractivity contribution >= 4 is 29.2 Å². The number of halogens is 2. The van der Waals surface area contributed by atoms with E-state index >= 15 is 0 Å². The molecular formula is C13H10ClFN2S. The monoisotopic (exact) mass is 280 g/mol. The summed E-state index contributed by atoms with van der Waals surface area (Å²) < 4.78 is 13.8. The summed E-state index contributed by atoms with van der Waals surface area (Å²) in [5, 5.41) is 7.82. The van der Waals surface area contributed by atoms with Crippen LogP contribution in [0, 0.1) is 11.2 Å². The second-order valence-corrected chi connectivity index (χ2v) is 5.08. The zero-order valence-electron chi connectivity index (χ0n) is 9.28. The van der Waals surface area contributed by atoms with Gasteiger partial charge in [0, 0.05) is 15.4 Å². The molecule has 5 heteroatoms. The van der Waals surface area contributed by atoms with Crippen LogP contribution in [0.1, 0.15) is 5.56 Å². The molecule has 0 atom stereocenters. The lowest BCUT2D eigenvalue weighted by Gasteiger charge is -2.06. The van der Waals surface area contributed by atoms with Crippen molar-refractivity contribution < 1.29 is 4.39 Å². The molecule has 2 aromatic rings. The van der Waals surface area contributed by atoms with E-state index in [2.05, 4.69) is 0 Å². The number of rotatable bonds is 3. The minimum Gasteiger partial charge on any atom is -0.384 e. The van der Waals surface area contributed by atoms with Crippen molar-refractivity contribution in [2.75, 3.05) is 0 Å². The Morgan fingerprint density at radius 3 is 2.50 bits per heavy atom. The van der Waals surface area contributed by atoms with Crippen molar-refractivity contribution in [2.45, 2.75) is 9.79 Å². The highest BCUT2D eigenvalue weighted by Gasteiger charge is 2.08. The van der Waals surface area contributed by atoms with E-state index in [9.17, 15) is 4.39 Å². The molecule has 92 valence electrons. The van der Waals surface area contributed by atoms with Crippen LogP contribution in [0.4, 0.5) is 4.39 Å². The first-order valence-corrected chi connectivity index (χ1v) is 6.33. The molecule has 0 aromatic heterocycles. The Labute approximate surface area is 113 Å². The lowest BCUT2D eigenvalue weighted by molar-refractivity contribution is 0.601. The fourth-order valence-electron chi connectivity index (χ4n) is 1.40. The molecule has 0 unspecified atom stereocenters. The van der Waals surface area contributed by atoms with Crippen LogP contribution in [0.15, 0.2) is 52.3 Å². The Hall–Kier alpha value is -1.52. The smallest absolute Gasteiger partial charge is 0.137 e. The fraction of sp³-hybridized carbons (Fsp3) is 0. The summed E-state index contributed by atoms with van der Waals surface area (Å²) in [5.74, 6) is -0.559. The van der Waals surface area contributed by atoms with Gasteiger partial charge in [-0.2, -0.15) is 0 Å². The van der Waals surface area contributed by atoms with Gasteiger partial charge in [-0.15, -0.1) is 0 Å². The fourth-order valence-corrected chi connectivity index (χ4v) is 2.49. The molecule has 0 heterocycles. The molecule has 2 rings (SSSR count). The van der Waals surface area contributed by atoms with Crippen LogP contribution in [-0.2, 0) is 0 Å². The normalized spacial score (nSPS) is 10.3. The summed E-state index contributed by atoms with van der Waals surface area (Å²) in [5.41, 5.74) is 5.67. The SMILES string of the molecule is N=C(N)c1ccc(Sc2ccccc2Cl)c(F)c1. The van der Waals surface area contributed by atoms with E-state index in [1.807, 2.05) is 18.2 Å². The molecule has 0 spiro atoms. The Bertz CT molecular complexity index is 601. The summed E-state index contributed by atoms with van der Waals surface area (Å²) in [4.78, 5) is 1.24. The van der Waals surface area contributed by atoms with Gasteiger partial charge in [-0.05, 0) is 30.3 Å². The summed E-state index contributed by atoms with van der Waals surface area (Å²) in [6.45, 7) is 0. The summed E-state index contributed by atoms with van der Waals surface area (Å²) in [6.07, 6.45) is 0. The van der Waals surface area contributed by atoms with Gasteiger partial charge in [-0.25, -0.2) is 4.39 Å². The van der Waals surface area contributed by atoms with E-state index < -0.39 is 5.82 Å². The van der Waals surface area contributed by atoms with Gasteiger partial charge in [0.15, 0.2) is 0 Å². The third kappa shape index (κ3) is 2.83. The largest absolute Gasteiger partial charge is 0.384 e. The number of amidine groups is 1. The van der Waals surface area contributed by atoms with Gasteiger partial charge in [0.1, 0.15) is 11.7 Å². The molecule has 0 aliphatic carbocycles. The molecular weight excluding hydrogens is 271 g/mol. The highest BCUT2D eigenvalue weighted by molar-refractivity contribution is 7.99. The predicted octanol–water partition coefficient (Wildman–Crippen LogP) is 3.91. The third-order valence-electron chi connectivity index (χ3n) is 2.30. The molecule has 0 radical (unpaired) electrons. The van der Waals surface area contributed by atoms with Crippen LogP contribution in [-0.4, -0.2) is 5.84 Å². The number of nitrogen functional groups attached to an aromatic ring is 1. The maximum atomic E-state index is 13.8. The van der Waals surface area contributed by atoms with E-state index in [1.54, 1.807) is 18.2 Å². The predicted molar refractivity (Wildman–Crippen MR) is 73.0 cm³/mol. The van der Waals surface area contributed by atoms with Crippen LogP contribution < -0.4 is 5.73 Å². The molecule has 0 saturated heterocycles. The van der Waals surface area contributed by atoms with Gasteiger partial charge in [0.25, 0.3) is 0 Å². The van der Waals surface area contributed by atoms with Gasteiger partial charge in [0.05, 0.1) is 5.02 Å². The van der Waals surface area contributed by atoms with Crippen molar-refractivity contribution in [3.8, 4) is 0 Å². The van der Waals surface area contributed by atoms with Crippen LogP contribution in [0.2, 0.25) is 5.02 Å². The average Bonchev–Trinajstić information content (AvgIpc) is 2.34. The highest BCUT2D eigenvalue weighted by Crippen LogP contribution is 2.34. The zero-order valence-corrected chi connectivity index (χ0v) is 10.9. The van der Waals surface area contributed by atoms with Crippen LogP contribution >= 0.6 is 23.4 Å². The van der Waals surface area contributed by atoms with Crippen molar-refractivity contribution in [1.82, 2.24) is 0 Å². The first-order valence-electron chi connectivity index (χ1n) is 5.14. The number of benzene rings is 2. The van der Waals surface area contributed by atoms with Crippen molar-refractivity contribution in [2.24, 2.45) is 5.73 Å². The molecule has 0 bridgehead atoms. The van der Waals surface area contributed by atoms with Crippen LogP contribution in [0.3, 0.4) is 0 Å². The van der Waals surface area contributed by atoms with Gasteiger partial charge in [-0.1, -0.05) is 35.5 Å². The molecule has 18 heavy (non-hydrogen) atoms. The third-order valence-corrected chi connectivity index (χ3v) is 3.87. The molecule has 0 aliphatic rings. The Balaban J connectivity index is 2.30. The maximum Gasteiger partial charge on any atom is 0.137 e. The minimum atomic E-state index is -0.410. The Kier molecular flexibility index (Phi) is 3.89. The quantitative estimate of drug-likeness (QED) is 0.661. The molecule has 3 N–H and O–H groups in total. The Morgan fingerprint density at radius 2 is 1.89 bits per heavy atom. The second-order valence-electron chi connectivity index (χ2n) is 3.59. The van der Waals surface area contributed by atoms with E-state index in [-0.39, 0.29) is 5.84 Å². The average molecular weight is 281 g/mol. The number of hydrogen-bond donors (Lipinski definition) is 2. The van der Waals surface area contributed by atoms with Gasteiger partial charge in [-0.3, -0.25) is 5.41 Å². The minimum absolute atomic E-state index is 0.150. The highest BCUT2D eigenvalue weighted by atomic mass is 35.5. The van der Waals surface area contributed by atoms with E-state index in [0.29, 0.717) is 15.5 Å². The molecule has 2 aromatic carbocycles. The number of hydrogen-bond acceptors (Lipinski definition) is 2. The lowest BCUT2D eigenvalue weighted by atomic mass is 10.2. The zero-order chi connectivity index (χ0) is 13.1. The molecule has 0 aliphatic heterocycles. The molecule has 0 amide bonds. The van der Waals surface area contributed by atoms with E-state index in [0.717, 1.165) is 4.90 Å². The Morgan fingerprint density at radius 1 is 1.17 bits per heavy atom. The topological polar surface area (TPSA) is 49.9 Å². The molecule has 0 saturated carbocycles. The first-order chi connectivity index (χ1) is 8.58. The number of nitrogens with two attached hydrogens (primary N) is 1. The summed E-state index contributed by atoms with van der Waals surface area (Å²) in [6, 6.07) is 11.7. The number of nitrogens with one attached hydrogen (secondary N) is 1. The molecule has 0 fully saturated rings. The van der Waals surface area contributed by atoms with Crippen LogP contribution in [0.25, 0.3) is 0 Å². The standard InChI is InChI=1S/C13H10ClFN2S/c14-9-3-1-2-4-11(9)18-12-6-5-8(13(16)17)7-10(12)15/h1-7H,(H3,16,17). The first kappa shape index (κ1) is 12.9. The van der Waals surface area contributed by atoms with Crippen molar-refractivity contribution in [3.63, 3.8) is 0 Å². The van der Waals surface area contributed by atoms with Gasteiger partial charge in [0.2, 0.25) is 0 Å². The van der Waals surface area contributed by atoms with E-state index in [4.69, 9.17) is 22.7 Å². The lowest BCUT2D eigenvalue weighted by Crippen LogP contribution is -2.11. The van der Waals surface area contributed by atoms with Crippen LogP contribution in [0.5, 0.6) is 0 Å².